The highest BCUT2D eigenvalue weighted by Crippen LogP contribution is 2.31. The van der Waals surface area contributed by atoms with Gasteiger partial charge in [0.2, 0.25) is 15.9 Å². The number of unbranched alkanes of at least 4 members (excludes halogenated alkanes) is 3. The number of carbonyl (C=O) groups is 1. The van der Waals surface area contributed by atoms with Crippen LogP contribution in [0.25, 0.3) is 10.8 Å². The molecule has 200 valence electrons. The van der Waals surface area contributed by atoms with Crippen molar-refractivity contribution < 1.29 is 28.5 Å². The number of aliphatic hydroxyl groups excluding tert-OH is 3. The molecule has 36 heavy (non-hydrogen) atoms. The van der Waals surface area contributed by atoms with Gasteiger partial charge in [-0.2, -0.15) is 0 Å². The number of nitrogens with one attached hydrogen (secondary N) is 1. The molecule has 0 aliphatic carbocycles. The van der Waals surface area contributed by atoms with E-state index in [1.165, 1.54) is 0 Å². The van der Waals surface area contributed by atoms with Crippen molar-refractivity contribution in [2.75, 3.05) is 38.7 Å². The first kappa shape index (κ1) is 28.3. The van der Waals surface area contributed by atoms with E-state index in [9.17, 15) is 28.5 Å². The maximum absolute atomic E-state index is 13.0. The summed E-state index contributed by atoms with van der Waals surface area (Å²) in [5.74, 6) is -0.578. The van der Waals surface area contributed by atoms with Gasteiger partial charge in [0.15, 0.2) is 0 Å². The van der Waals surface area contributed by atoms with Crippen LogP contribution in [0.3, 0.4) is 0 Å². The van der Waals surface area contributed by atoms with Crippen molar-refractivity contribution in [2.24, 2.45) is 5.73 Å². The second-order valence-electron chi connectivity index (χ2n) is 9.54. The molecule has 2 aromatic carbocycles. The lowest BCUT2D eigenvalue weighted by Crippen LogP contribution is -2.43. The molecule has 0 unspecified atom stereocenters. The Balaban J connectivity index is 1.51. The van der Waals surface area contributed by atoms with E-state index < -0.39 is 40.2 Å². The minimum Gasteiger partial charge on any atom is -0.395 e. The van der Waals surface area contributed by atoms with Crippen LogP contribution in [0.5, 0.6) is 0 Å². The second kappa shape index (κ2) is 12.3. The summed E-state index contributed by atoms with van der Waals surface area (Å²) in [4.78, 5) is 15.3. The average Bonchev–Trinajstić information content (AvgIpc) is 3.05. The van der Waals surface area contributed by atoms with Gasteiger partial charge in [-0.3, -0.25) is 9.69 Å². The molecule has 0 aromatic heterocycles. The fourth-order valence-corrected chi connectivity index (χ4v) is 6.30. The Morgan fingerprint density at radius 3 is 2.28 bits per heavy atom. The molecule has 0 radical (unpaired) electrons. The lowest BCUT2D eigenvalue weighted by molar-refractivity contribution is -0.120. The molecular weight excluding hydrogens is 484 g/mol. The lowest BCUT2D eigenvalue weighted by Gasteiger charge is -2.29. The van der Waals surface area contributed by atoms with Gasteiger partial charge >= 0.3 is 0 Å². The number of sulfonamides is 1. The van der Waals surface area contributed by atoms with Gasteiger partial charge in [0.25, 0.3) is 0 Å². The first-order chi connectivity index (χ1) is 17.1. The Labute approximate surface area is 212 Å². The van der Waals surface area contributed by atoms with Gasteiger partial charge in [-0.25, -0.2) is 13.1 Å². The number of hydrogen-bond acceptors (Lipinski definition) is 8. The van der Waals surface area contributed by atoms with Crippen molar-refractivity contribution in [3.05, 3.63) is 36.4 Å². The van der Waals surface area contributed by atoms with E-state index in [0.717, 1.165) is 23.9 Å². The quantitative estimate of drug-likeness (QED) is 0.237. The summed E-state index contributed by atoms with van der Waals surface area (Å²) in [5, 5.41) is 31.6. The molecule has 11 heteroatoms. The summed E-state index contributed by atoms with van der Waals surface area (Å²) in [6, 6.07) is 9.62. The minimum absolute atomic E-state index is 0.0965. The Morgan fingerprint density at radius 2 is 1.64 bits per heavy atom. The number of aliphatic hydroxyl groups is 3. The summed E-state index contributed by atoms with van der Waals surface area (Å²) in [7, 11) is 0.161. The monoisotopic (exact) mass is 522 g/mol. The molecule has 0 saturated carbocycles. The first-order valence-corrected chi connectivity index (χ1v) is 13.8. The molecule has 0 bridgehead atoms. The highest BCUT2D eigenvalue weighted by atomic mass is 32.2. The first-order valence-electron chi connectivity index (χ1n) is 12.3. The summed E-state index contributed by atoms with van der Waals surface area (Å²) in [6.07, 6.45) is 0.517. The zero-order chi connectivity index (χ0) is 26.5. The van der Waals surface area contributed by atoms with Crippen molar-refractivity contribution in [2.45, 2.75) is 61.3 Å². The van der Waals surface area contributed by atoms with Gasteiger partial charge in [0.1, 0.15) is 0 Å². The number of carbonyl (C=O) groups excluding carboxylic acids is 1. The standard InChI is InChI=1S/C25H38N4O6S/c1-28(2)19-11-12-22(18-10-6-5-9-17(18)19)36(34,35)27-13-7-3-4-8-14-29-20(15-23(26)31)24(32)25(33)21(29)16-30/h5-6,9-12,20-21,24-25,27,30,32-33H,3-4,7-8,13-16H2,1-2H3,(H2,26,31)/t20-,21-,24+,25-/m1/s1. The smallest absolute Gasteiger partial charge is 0.241 e. The Morgan fingerprint density at radius 1 is 1.00 bits per heavy atom. The van der Waals surface area contributed by atoms with E-state index in [1.807, 2.05) is 49.3 Å². The highest BCUT2D eigenvalue weighted by molar-refractivity contribution is 7.89. The van der Waals surface area contributed by atoms with Gasteiger partial charge in [0.05, 0.1) is 29.8 Å². The molecule has 1 fully saturated rings. The van der Waals surface area contributed by atoms with E-state index in [-0.39, 0.29) is 17.9 Å². The third kappa shape index (κ3) is 6.34. The topological polar surface area (TPSA) is 156 Å². The molecule has 2 aromatic rings. The predicted octanol–water partition coefficient (Wildman–Crippen LogP) is 0.387. The summed E-state index contributed by atoms with van der Waals surface area (Å²) >= 11 is 0. The number of anilines is 1. The Kier molecular flexibility index (Phi) is 9.67. The molecule has 1 saturated heterocycles. The van der Waals surface area contributed by atoms with Gasteiger partial charge < -0.3 is 26.0 Å². The Bertz CT molecular complexity index is 1140. The van der Waals surface area contributed by atoms with E-state index in [1.54, 1.807) is 11.0 Å². The van der Waals surface area contributed by atoms with E-state index in [4.69, 9.17) is 5.73 Å². The molecule has 3 rings (SSSR count). The maximum Gasteiger partial charge on any atom is 0.241 e. The van der Waals surface area contributed by atoms with Crippen LogP contribution in [0.15, 0.2) is 41.3 Å². The summed E-state index contributed by atoms with van der Waals surface area (Å²) in [6.45, 7) is 0.448. The molecule has 1 heterocycles. The number of hydrogen-bond donors (Lipinski definition) is 5. The van der Waals surface area contributed by atoms with Crippen LogP contribution in [-0.4, -0.2) is 92.6 Å². The van der Waals surface area contributed by atoms with E-state index in [2.05, 4.69) is 4.72 Å². The number of nitrogens with zero attached hydrogens (tertiary/aromatic N) is 2. The van der Waals surface area contributed by atoms with Crippen LogP contribution in [0.4, 0.5) is 5.69 Å². The molecule has 1 aliphatic heterocycles. The van der Waals surface area contributed by atoms with Crippen molar-refractivity contribution in [1.82, 2.24) is 9.62 Å². The fourth-order valence-electron chi connectivity index (χ4n) is 5.02. The predicted molar refractivity (Wildman–Crippen MR) is 139 cm³/mol. The number of nitrogens with two attached hydrogens (primary N) is 1. The number of likely N-dealkylation sites (tertiary alicyclic amines) is 1. The lowest BCUT2D eigenvalue weighted by atomic mass is 10.1. The van der Waals surface area contributed by atoms with Gasteiger partial charge in [-0.05, 0) is 31.5 Å². The van der Waals surface area contributed by atoms with Gasteiger partial charge in [-0.15, -0.1) is 0 Å². The van der Waals surface area contributed by atoms with Crippen LogP contribution in [0, 0.1) is 0 Å². The van der Waals surface area contributed by atoms with Crippen molar-refractivity contribution in [3.8, 4) is 0 Å². The number of rotatable bonds is 13. The number of benzene rings is 2. The van der Waals surface area contributed by atoms with E-state index in [0.29, 0.717) is 31.3 Å². The number of fused-ring (bicyclic) bond motifs is 1. The summed E-state index contributed by atoms with van der Waals surface area (Å²) < 4.78 is 28.7. The van der Waals surface area contributed by atoms with Gasteiger partial charge in [-0.1, -0.05) is 37.1 Å². The molecule has 0 spiro atoms. The summed E-state index contributed by atoms with van der Waals surface area (Å²) in [5.41, 5.74) is 6.24. The second-order valence-corrected chi connectivity index (χ2v) is 11.3. The molecule has 10 nitrogen and oxygen atoms in total. The zero-order valence-electron chi connectivity index (χ0n) is 20.9. The largest absolute Gasteiger partial charge is 0.395 e. The maximum atomic E-state index is 13.0. The molecule has 6 N–H and O–H groups in total. The number of amides is 1. The zero-order valence-corrected chi connectivity index (χ0v) is 21.7. The third-order valence-electron chi connectivity index (χ3n) is 6.86. The number of primary amides is 1. The van der Waals surface area contributed by atoms with Crippen LogP contribution >= 0.6 is 0 Å². The van der Waals surface area contributed by atoms with Crippen LogP contribution in [-0.2, 0) is 14.8 Å². The molecule has 4 atom stereocenters. The fraction of sp³-hybridized carbons (Fsp3) is 0.560. The molecule has 1 aliphatic rings. The van der Waals surface area contributed by atoms with E-state index >= 15 is 0 Å². The van der Waals surface area contributed by atoms with Crippen molar-refractivity contribution >= 4 is 32.4 Å². The minimum atomic E-state index is -3.68. The molecule has 1 amide bonds. The highest BCUT2D eigenvalue weighted by Gasteiger charge is 2.47. The van der Waals surface area contributed by atoms with Crippen LogP contribution in [0.1, 0.15) is 32.1 Å². The van der Waals surface area contributed by atoms with Crippen molar-refractivity contribution in [1.29, 1.82) is 0 Å². The van der Waals surface area contributed by atoms with Gasteiger partial charge in [0, 0.05) is 49.6 Å². The normalized spacial score (nSPS) is 22.8. The van der Waals surface area contributed by atoms with Crippen LogP contribution in [0.2, 0.25) is 0 Å². The van der Waals surface area contributed by atoms with Crippen LogP contribution < -0.4 is 15.4 Å². The average molecular weight is 523 g/mol. The Hall–Kier alpha value is -2.28. The SMILES string of the molecule is CN(C)c1ccc(S(=O)(=O)NCCCCCCN2[C@H](CC(N)=O)[C@H](O)[C@H](O)[C@H]2CO)c2ccccc12. The molecular formula is C25H38N4O6S. The van der Waals surface area contributed by atoms with Crippen molar-refractivity contribution in [3.63, 3.8) is 0 Å². The third-order valence-corrected chi connectivity index (χ3v) is 8.37.